The number of hydrogen-bond donors (Lipinski definition) is 2. The van der Waals surface area contributed by atoms with Crippen LogP contribution in [0.3, 0.4) is 0 Å². The van der Waals surface area contributed by atoms with Gasteiger partial charge in [0.05, 0.1) is 5.69 Å². The minimum Gasteiger partial charge on any atom is -0.348 e. The lowest BCUT2D eigenvalue weighted by Crippen LogP contribution is -2.39. The van der Waals surface area contributed by atoms with Crippen LogP contribution in [0.15, 0.2) is 59.6 Å². The molecule has 4 rings (SSSR count). The molecule has 0 bridgehead atoms. The Hall–Kier alpha value is -3.32. The van der Waals surface area contributed by atoms with E-state index in [4.69, 9.17) is 0 Å². The Morgan fingerprint density at radius 3 is 2.47 bits per heavy atom. The van der Waals surface area contributed by atoms with Crippen LogP contribution in [0, 0.1) is 20.8 Å². The summed E-state index contributed by atoms with van der Waals surface area (Å²) >= 11 is 1.68. The van der Waals surface area contributed by atoms with Crippen LogP contribution in [0.2, 0.25) is 0 Å². The average molecular weight is 447 g/mol. The van der Waals surface area contributed by atoms with Crippen molar-refractivity contribution >= 4 is 35.1 Å². The topological polar surface area (TPSA) is 74.3 Å². The molecule has 1 aliphatic rings. The van der Waals surface area contributed by atoms with Crippen molar-refractivity contribution in [1.29, 1.82) is 0 Å². The molecular formula is C25H26N4O2S. The first kappa shape index (κ1) is 21.9. The predicted octanol–water partition coefficient (Wildman–Crippen LogP) is 5.08. The molecule has 2 N–H and O–H groups in total. The lowest BCUT2D eigenvalue weighted by molar-refractivity contribution is 0.0951. The second kappa shape index (κ2) is 9.44. The standard InChI is InChI=1S/C25H26N4O2S/c1-16-4-6-19(7-5-16)15-26-23(30)20-8-10-21(11-9-20)28-25(31)29-12-13-32-24-22(29)17(2)14-18(3)27-24/h4-11,14H,12-13,15H2,1-3H3,(H,26,30)(H,28,31). The van der Waals surface area contributed by atoms with Gasteiger partial charge in [-0.05, 0) is 62.2 Å². The van der Waals surface area contributed by atoms with Crippen molar-refractivity contribution in [2.45, 2.75) is 32.3 Å². The van der Waals surface area contributed by atoms with Gasteiger partial charge in [0.1, 0.15) is 5.03 Å². The number of pyridine rings is 1. The zero-order valence-electron chi connectivity index (χ0n) is 18.4. The molecule has 0 fully saturated rings. The number of nitrogens with one attached hydrogen (secondary N) is 2. The predicted molar refractivity (Wildman–Crippen MR) is 130 cm³/mol. The number of fused-ring (bicyclic) bond motifs is 1. The smallest absolute Gasteiger partial charge is 0.326 e. The zero-order chi connectivity index (χ0) is 22.7. The first-order chi connectivity index (χ1) is 15.4. The van der Waals surface area contributed by atoms with Gasteiger partial charge in [0.25, 0.3) is 5.91 Å². The molecule has 6 nitrogen and oxygen atoms in total. The quantitative estimate of drug-likeness (QED) is 0.586. The molecule has 3 amide bonds. The van der Waals surface area contributed by atoms with Crippen molar-refractivity contribution in [2.75, 3.05) is 22.5 Å². The fraction of sp³-hybridized carbons (Fsp3) is 0.240. The Bertz CT molecular complexity index is 1140. The van der Waals surface area contributed by atoms with Gasteiger partial charge in [0.15, 0.2) is 0 Å². The molecule has 7 heteroatoms. The molecule has 0 radical (unpaired) electrons. The molecule has 32 heavy (non-hydrogen) atoms. The van der Waals surface area contributed by atoms with Gasteiger partial charge >= 0.3 is 6.03 Å². The number of aryl methyl sites for hydroxylation is 3. The van der Waals surface area contributed by atoms with E-state index in [1.165, 1.54) is 5.56 Å². The minimum absolute atomic E-state index is 0.150. The zero-order valence-corrected chi connectivity index (χ0v) is 19.3. The van der Waals surface area contributed by atoms with Crippen molar-refractivity contribution in [2.24, 2.45) is 0 Å². The molecule has 2 aromatic carbocycles. The fourth-order valence-corrected chi connectivity index (χ4v) is 4.74. The van der Waals surface area contributed by atoms with E-state index in [9.17, 15) is 9.59 Å². The largest absolute Gasteiger partial charge is 0.348 e. The molecule has 0 atom stereocenters. The summed E-state index contributed by atoms with van der Waals surface area (Å²) in [6, 6.07) is 16.8. The number of urea groups is 1. The Labute approximate surface area is 192 Å². The highest BCUT2D eigenvalue weighted by molar-refractivity contribution is 7.99. The third-order valence-corrected chi connectivity index (χ3v) is 6.26. The summed E-state index contributed by atoms with van der Waals surface area (Å²) in [5.41, 5.74) is 6.28. The molecule has 0 aliphatic carbocycles. The number of aromatic nitrogens is 1. The average Bonchev–Trinajstić information content (AvgIpc) is 2.78. The molecule has 1 aliphatic heterocycles. The number of carbonyl (C=O) groups excluding carboxylic acids is 2. The van der Waals surface area contributed by atoms with E-state index in [-0.39, 0.29) is 11.9 Å². The highest BCUT2D eigenvalue weighted by atomic mass is 32.2. The monoisotopic (exact) mass is 446 g/mol. The number of benzene rings is 2. The van der Waals surface area contributed by atoms with Crippen LogP contribution in [0.5, 0.6) is 0 Å². The molecule has 3 aromatic rings. The number of anilines is 2. The summed E-state index contributed by atoms with van der Waals surface area (Å²) in [5, 5.41) is 6.76. The molecule has 2 heterocycles. The fourth-order valence-electron chi connectivity index (χ4n) is 3.66. The maximum absolute atomic E-state index is 13.0. The molecule has 1 aromatic heterocycles. The van der Waals surface area contributed by atoms with Crippen molar-refractivity contribution in [3.63, 3.8) is 0 Å². The number of rotatable bonds is 4. The van der Waals surface area contributed by atoms with Gasteiger partial charge in [-0.15, -0.1) is 11.8 Å². The van der Waals surface area contributed by atoms with Gasteiger partial charge in [0.2, 0.25) is 0 Å². The Balaban J connectivity index is 1.39. The highest BCUT2D eigenvalue weighted by Crippen LogP contribution is 2.36. The Kier molecular flexibility index (Phi) is 6.46. The van der Waals surface area contributed by atoms with E-state index < -0.39 is 0 Å². The van der Waals surface area contributed by atoms with E-state index >= 15 is 0 Å². The molecule has 0 saturated heterocycles. The van der Waals surface area contributed by atoms with Gasteiger partial charge in [-0.25, -0.2) is 9.78 Å². The van der Waals surface area contributed by atoms with Crippen LogP contribution >= 0.6 is 11.8 Å². The van der Waals surface area contributed by atoms with Crippen LogP contribution < -0.4 is 15.5 Å². The van der Waals surface area contributed by atoms with Crippen LogP contribution in [-0.2, 0) is 6.54 Å². The van der Waals surface area contributed by atoms with Gasteiger partial charge in [-0.2, -0.15) is 0 Å². The van der Waals surface area contributed by atoms with E-state index in [2.05, 4.69) is 15.6 Å². The summed E-state index contributed by atoms with van der Waals surface area (Å²) in [4.78, 5) is 31.8. The minimum atomic E-state index is -0.197. The first-order valence-corrected chi connectivity index (χ1v) is 11.5. The molecule has 164 valence electrons. The number of hydrogen-bond acceptors (Lipinski definition) is 4. The lowest BCUT2D eigenvalue weighted by atomic mass is 10.1. The third kappa shape index (κ3) is 4.94. The molecule has 0 unspecified atom stereocenters. The number of carbonyl (C=O) groups is 2. The molecule has 0 saturated carbocycles. The van der Waals surface area contributed by atoms with E-state index in [1.54, 1.807) is 40.9 Å². The van der Waals surface area contributed by atoms with Crippen molar-refractivity contribution in [1.82, 2.24) is 10.3 Å². The van der Waals surface area contributed by atoms with Crippen molar-refractivity contribution < 1.29 is 9.59 Å². The lowest BCUT2D eigenvalue weighted by Gasteiger charge is -2.30. The van der Waals surface area contributed by atoms with Gasteiger partial charge in [0, 0.05) is 35.8 Å². The summed E-state index contributed by atoms with van der Waals surface area (Å²) in [5.74, 6) is 0.652. The SMILES string of the molecule is Cc1ccc(CNC(=O)c2ccc(NC(=O)N3CCSc4nc(C)cc(C)c43)cc2)cc1. The van der Waals surface area contributed by atoms with Crippen LogP contribution in [0.1, 0.15) is 32.7 Å². The van der Waals surface area contributed by atoms with Gasteiger partial charge in [-0.3, -0.25) is 9.69 Å². The maximum Gasteiger partial charge on any atom is 0.326 e. The first-order valence-electron chi connectivity index (χ1n) is 10.5. The Morgan fingerprint density at radius 1 is 1.03 bits per heavy atom. The van der Waals surface area contributed by atoms with E-state index in [1.807, 2.05) is 51.1 Å². The van der Waals surface area contributed by atoms with Crippen LogP contribution in [0.4, 0.5) is 16.2 Å². The molecular weight excluding hydrogens is 420 g/mol. The van der Waals surface area contributed by atoms with Crippen LogP contribution in [-0.4, -0.2) is 29.2 Å². The summed E-state index contributed by atoms with van der Waals surface area (Å²) in [6.07, 6.45) is 0. The summed E-state index contributed by atoms with van der Waals surface area (Å²) in [7, 11) is 0. The highest BCUT2D eigenvalue weighted by Gasteiger charge is 2.26. The summed E-state index contributed by atoms with van der Waals surface area (Å²) in [6.45, 7) is 7.09. The normalized spacial score (nSPS) is 12.8. The number of thioether (sulfide) groups is 1. The Morgan fingerprint density at radius 2 is 1.75 bits per heavy atom. The number of amides is 3. The second-order valence-corrected chi connectivity index (χ2v) is 8.99. The maximum atomic E-state index is 13.0. The van der Waals surface area contributed by atoms with Crippen molar-refractivity contribution in [3.8, 4) is 0 Å². The van der Waals surface area contributed by atoms with E-state index in [0.717, 1.165) is 33.3 Å². The van der Waals surface area contributed by atoms with Gasteiger partial charge < -0.3 is 10.6 Å². The van der Waals surface area contributed by atoms with Crippen LogP contribution in [0.25, 0.3) is 0 Å². The van der Waals surface area contributed by atoms with Gasteiger partial charge in [-0.1, -0.05) is 29.8 Å². The van der Waals surface area contributed by atoms with Crippen molar-refractivity contribution in [3.05, 3.63) is 82.5 Å². The summed E-state index contributed by atoms with van der Waals surface area (Å²) < 4.78 is 0. The number of nitrogens with zero attached hydrogens (tertiary/aromatic N) is 2. The third-order valence-electron chi connectivity index (χ3n) is 5.32. The van der Waals surface area contributed by atoms with E-state index in [0.29, 0.717) is 24.3 Å². The molecule has 0 spiro atoms. The second-order valence-electron chi connectivity index (χ2n) is 7.91.